The average Bonchev–Trinajstić information content (AvgIpc) is 2.45. The minimum absolute atomic E-state index is 1.02. The highest BCUT2D eigenvalue weighted by Gasteiger charge is 2.11. The number of rotatable bonds is 5. The Balaban J connectivity index is 1.97. The monoisotopic (exact) mass is 266 g/mol. The number of nitrogens with zero attached hydrogens (tertiary/aromatic N) is 1. The highest BCUT2D eigenvalue weighted by atomic mass is 32.2. The molecule has 0 saturated carbocycles. The number of thioether (sulfide) groups is 1. The van der Waals surface area contributed by atoms with Crippen LogP contribution < -0.4 is 10.1 Å². The first kappa shape index (κ1) is 13.7. The SMILES string of the molecule is COc1ccc(SC)cc1CCN1CCNCC1. The molecular formula is C14H22N2OS. The highest BCUT2D eigenvalue weighted by molar-refractivity contribution is 7.98. The Labute approximate surface area is 114 Å². The molecule has 0 aromatic heterocycles. The molecule has 0 amide bonds. The van der Waals surface area contributed by atoms with E-state index in [9.17, 15) is 0 Å². The normalized spacial score (nSPS) is 16.8. The van der Waals surface area contributed by atoms with Gasteiger partial charge in [0.2, 0.25) is 0 Å². The van der Waals surface area contributed by atoms with Crippen LogP contribution in [0.15, 0.2) is 23.1 Å². The molecule has 0 aliphatic carbocycles. The molecule has 2 rings (SSSR count). The van der Waals surface area contributed by atoms with Gasteiger partial charge in [-0.05, 0) is 36.4 Å². The standard InChI is InChI=1S/C14H22N2OS/c1-17-14-4-3-13(18-2)11-12(14)5-8-16-9-6-15-7-10-16/h3-4,11,15H,5-10H2,1-2H3. The number of benzene rings is 1. The summed E-state index contributed by atoms with van der Waals surface area (Å²) in [5.74, 6) is 1.02. The predicted molar refractivity (Wildman–Crippen MR) is 77.8 cm³/mol. The Morgan fingerprint density at radius 1 is 1.33 bits per heavy atom. The van der Waals surface area contributed by atoms with Gasteiger partial charge in [-0.3, -0.25) is 0 Å². The summed E-state index contributed by atoms with van der Waals surface area (Å²) in [5, 5.41) is 3.38. The topological polar surface area (TPSA) is 24.5 Å². The fraction of sp³-hybridized carbons (Fsp3) is 0.571. The summed E-state index contributed by atoms with van der Waals surface area (Å²) in [7, 11) is 1.75. The zero-order valence-electron chi connectivity index (χ0n) is 11.2. The van der Waals surface area contributed by atoms with Crippen molar-refractivity contribution in [3.63, 3.8) is 0 Å². The van der Waals surface area contributed by atoms with Gasteiger partial charge < -0.3 is 15.0 Å². The summed E-state index contributed by atoms with van der Waals surface area (Å²) in [5.41, 5.74) is 1.32. The van der Waals surface area contributed by atoms with E-state index in [4.69, 9.17) is 4.74 Å². The van der Waals surface area contributed by atoms with Crippen LogP contribution in [0.2, 0.25) is 0 Å². The van der Waals surface area contributed by atoms with Crippen molar-refractivity contribution < 1.29 is 4.74 Å². The fourth-order valence-electron chi connectivity index (χ4n) is 2.29. The number of piperazine rings is 1. The van der Waals surface area contributed by atoms with Gasteiger partial charge in [0.25, 0.3) is 0 Å². The molecule has 100 valence electrons. The Morgan fingerprint density at radius 2 is 2.11 bits per heavy atom. The summed E-state index contributed by atoms with van der Waals surface area (Å²) in [6.45, 7) is 5.66. The maximum atomic E-state index is 5.44. The largest absolute Gasteiger partial charge is 0.496 e. The molecular weight excluding hydrogens is 244 g/mol. The molecule has 0 unspecified atom stereocenters. The third-order valence-corrected chi connectivity index (χ3v) is 4.12. The van der Waals surface area contributed by atoms with E-state index in [1.54, 1.807) is 18.9 Å². The molecule has 1 aliphatic rings. The van der Waals surface area contributed by atoms with Crippen molar-refractivity contribution in [1.82, 2.24) is 10.2 Å². The van der Waals surface area contributed by atoms with Gasteiger partial charge in [-0.2, -0.15) is 0 Å². The summed E-state index contributed by atoms with van der Waals surface area (Å²) in [4.78, 5) is 3.83. The first-order chi connectivity index (χ1) is 8.83. The first-order valence-electron chi connectivity index (χ1n) is 6.47. The lowest BCUT2D eigenvalue weighted by Gasteiger charge is -2.27. The second-order valence-electron chi connectivity index (χ2n) is 4.52. The summed E-state index contributed by atoms with van der Waals surface area (Å²) >= 11 is 1.78. The van der Waals surface area contributed by atoms with Crippen molar-refractivity contribution in [3.05, 3.63) is 23.8 Å². The minimum atomic E-state index is 1.02. The maximum absolute atomic E-state index is 5.44. The van der Waals surface area contributed by atoms with E-state index in [0.29, 0.717) is 0 Å². The van der Waals surface area contributed by atoms with Crippen molar-refractivity contribution in [2.24, 2.45) is 0 Å². The maximum Gasteiger partial charge on any atom is 0.122 e. The van der Waals surface area contributed by atoms with Crippen molar-refractivity contribution in [2.75, 3.05) is 46.1 Å². The molecule has 4 heteroatoms. The molecule has 0 radical (unpaired) electrons. The van der Waals surface area contributed by atoms with E-state index in [-0.39, 0.29) is 0 Å². The van der Waals surface area contributed by atoms with Gasteiger partial charge in [-0.1, -0.05) is 0 Å². The number of hydrogen-bond acceptors (Lipinski definition) is 4. The van der Waals surface area contributed by atoms with Crippen LogP contribution in [0.3, 0.4) is 0 Å². The first-order valence-corrected chi connectivity index (χ1v) is 7.70. The van der Waals surface area contributed by atoms with Gasteiger partial charge in [-0.15, -0.1) is 11.8 Å². The second kappa shape index (κ2) is 7.02. The Hall–Kier alpha value is -0.710. The quantitative estimate of drug-likeness (QED) is 0.822. The van der Waals surface area contributed by atoms with E-state index in [1.807, 2.05) is 0 Å². The van der Waals surface area contributed by atoms with Crippen LogP contribution in [0.5, 0.6) is 5.75 Å². The summed E-state index contributed by atoms with van der Waals surface area (Å²) in [6, 6.07) is 6.46. The molecule has 0 bridgehead atoms. The molecule has 1 saturated heterocycles. The van der Waals surface area contributed by atoms with Crippen molar-refractivity contribution >= 4 is 11.8 Å². The van der Waals surface area contributed by atoms with E-state index in [2.05, 4.69) is 34.7 Å². The summed E-state index contributed by atoms with van der Waals surface area (Å²) < 4.78 is 5.44. The number of ether oxygens (including phenoxy) is 1. The number of hydrogen-bond donors (Lipinski definition) is 1. The smallest absolute Gasteiger partial charge is 0.122 e. The van der Waals surface area contributed by atoms with E-state index < -0.39 is 0 Å². The molecule has 1 aliphatic heterocycles. The number of methoxy groups -OCH3 is 1. The van der Waals surface area contributed by atoms with Crippen LogP contribution >= 0.6 is 11.8 Å². The zero-order valence-corrected chi connectivity index (χ0v) is 12.1. The highest BCUT2D eigenvalue weighted by Crippen LogP contribution is 2.25. The van der Waals surface area contributed by atoms with Gasteiger partial charge in [-0.25, -0.2) is 0 Å². The fourth-order valence-corrected chi connectivity index (χ4v) is 2.75. The molecule has 1 aromatic rings. The molecule has 0 spiro atoms. The predicted octanol–water partition coefficient (Wildman–Crippen LogP) is 1.86. The second-order valence-corrected chi connectivity index (χ2v) is 5.40. The molecule has 1 heterocycles. The van der Waals surface area contributed by atoms with Crippen molar-refractivity contribution in [1.29, 1.82) is 0 Å². The van der Waals surface area contributed by atoms with Crippen LogP contribution in [-0.4, -0.2) is 51.0 Å². The van der Waals surface area contributed by atoms with Gasteiger partial charge in [0.1, 0.15) is 5.75 Å². The Morgan fingerprint density at radius 3 is 2.78 bits per heavy atom. The van der Waals surface area contributed by atoms with Crippen LogP contribution in [0.1, 0.15) is 5.56 Å². The van der Waals surface area contributed by atoms with Crippen LogP contribution in [0.4, 0.5) is 0 Å². The lowest BCUT2D eigenvalue weighted by molar-refractivity contribution is 0.243. The molecule has 0 atom stereocenters. The summed E-state index contributed by atoms with van der Waals surface area (Å²) in [6.07, 6.45) is 3.18. The lowest BCUT2D eigenvalue weighted by atomic mass is 10.1. The lowest BCUT2D eigenvalue weighted by Crippen LogP contribution is -2.44. The van der Waals surface area contributed by atoms with Crippen LogP contribution in [-0.2, 0) is 6.42 Å². The van der Waals surface area contributed by atoms with Gasteiger partial charge in [0, 0.05) is 37.6 Å². The average molecular weight is 266 g/mol. The van der Waals surface area contributed by atoms with Gasteiger partial charge in [0.05, 0.1) is 7.11 Å². The van der Waals surface area contributed by atoms with Crippen LogP contribution in [0.25, 0.3) is 0 Å². The van der Waals surface area contributed by atoms with E-state index >= 15 is 0 Å². The number of nitrogens with one attached hydrogen (secondary N) is 1. The molecule has 1 N–H and O–H groups in total. The van der Waals surface area contributed by atoms with E-state index in [1.165, 1.54) is 10.5 Å². The zero-order chi connectivity index (χ0) is 12.8. The molecule has 1 fully saturated rings. The minimum Gasteiger partial charge on any atom is -0.496 e. The molecule has 1 aromatic carbocycles. The van der Waals surface area contributed by atoms with Gasteiger partial charge >= 0.3 is 0 Å². The van der Waals surface area contributed by atoms with Crippen molar-refractivity contribution in [3.8, 4) is 5.75 Å². The Bertz CT molecular complexity index is 378. The van der Waals surface area contributed by atoms with Gasteiger partial charge in [0.15, 0.2) is 0 Å². The third-order valence-electron chi connectivity index (χ3n) is 3.39. The molecule has 18 heavy (non-hydrogen) atoms. The molecule has 3 nitrogen and oxygen atoms in total. The Kier molecular flexibility index (Phi) is 5.35. The van der Waals surface area contributed by atoms with E-state index in [0.717, 1.165) is 44.9 Å². The third kappa shape index (κ3) is 3.64. The van der Waals surface area contributed by atoms with Crippen molar-refractivity contribution in [2.45, 2.75) is 11.3 Å². The van der Waals surface area contributed by atoms with Crippen LogP contribution in [0, 0.1) is 0 Å².